The van der Waals surface area contributed by atoms with Crippen LogP contribution in [-0.4, -0.2) is 37.0 Å². The fourth-order valence-electron chi connectivity index (χ4n) is 3.75. The van der Waals surface area contributed by atoms with E-state index in [1.807, 2.05) is 17.0 Å². The van der Waals surface area contributed by atoms with Gasteiger partial charge in [-0.05, 0) is 61.9 Å². The van der Waals surface area contributed by atoms with Crippen molar-refractivity contribution in [2.24, 2.45) is 0 Å². The number of amides is 1. The lowest BCUT2D eigenvalue weighted by molar-refractivity contribution is -0.119. The molecule has 0 radical (unpaired) electrons. The van der Waals surface area contributed by atoms with Crippen LogP contribution >= 0.6 is 0 Å². The molecule has 0 aromatic heterocycles. The molecule has 4 heteroatoms. The summed E-state index contributed by atoms with van der Waals surface area (Å²) in [7, 11) is 0. The fourth-order valence-corrected chi connectivity index (χ4v) is 3.75. The molecule has 0 bridgehead atoms. The van der Waals surface area contributed by atoms with Crippen LogP contribution < -0.4 is 10.6 Å². The SMILES string of the molecule is CC1(C)CCCN(C(=O)CN2CCCC2)c2cc(N)ccc21. The number of likely N-dealkylation sites (tertiary alicyclic amines) is 1. The number of nitrogen functional groups attached to an aromatic ring is 1. The van der Waals surface area contributed by atoms with Crippen molar-refractivity contribution < 1.29 is 4.79 Å². The minimum Gasteiger partial charge on any atom is -0.399 e. The fraction of sp³-hybridized carbons (Fsp3) is 0.611. The van der Waals surface area contributed by atoms with Gasteiger partial charge in [0.2, 0.25) is 5.91 Å². The molecule has 3 rings (SSSR count). The van der Waals surface area contributed by atoms with Crippen LogP contribution in [-0.2, 0) is 10.2 Å². The summed E-state index contributed by atoms with van der Waals surface area (Å²) in [6.45, 7) is 7.96. The van der Waals surface area contributed by atoms with E-state index in [-0.39, 0.29) is 11.3 Å². The number of nitrogens with two attached hydrogens (primary N) is 1. The second-order valence-corrected chi connectivity index (χ2v) is 7.29. The van der Waals surface area contributed by atoms with Crippen molar-refractivity contribution in [2.45, 2.75) is 44.9 Å². The Bertz CT molecular complexity index is 561. The van der Waals surface area contributed by atoms with E-state index < -0.39 is 0 Å². The van der Waals surface area contributed by atoms with E-state index in [1.165, 1.54) is 18.4 Å². The zero-order valence-corrected chi connectivity index (χ0v) is 13.8. The van der Waals surface area contributed by atoms with Gasteiger partial charge in [-0.2, -0.15) is 0 Å². The Morgan fingerprint density at radius 1 is 1.18 bits per heavy atom. The third kappa shape index (κ3) is 2.98. The number of fused-ring (bicyclic) bond motifs is 1. The second kappa shape index (κ2) is 5.92. The lowest BCUT2D eigenvalue weighted by atomic mass is 9.80. The highest BCUT2D eigenvalue weighted by Crippen LogP contribution is 2.39. The Kier molecular flexibility index (Phi) is 4.13. The van der Waals surface area contributed by atoms with Gasteiger partial charge in [-0.15, -0.1) is 0 Å². The Morgan fingerprint density at radius 2 is 1.91 bits per heavy atom. The summed E-state index contributed by atoms with van der Waals surface area (Å²) >= 11 is 0. The van der Waals surface area contributed by atoms with E-state index in [9.17, 15) is 4.79 Å². The third-order valence-corrected chi connectivity index (χ3v) is 5.08. The summed E-state index contributed by atoms with van der Waals surface area (Å²) in [5.74, 6) is 0.214. The minimum atomic E-state index is 0.0890. The van der Waals surface area contributed by atoms with Gasteiger partial charge >= 0.3 is 0 Å². The molecule has 2 N–H and O–H groups in total. The lowest BCUT2D eigenvalue weighted by Gasteiger charge is -2.29. The van der Waals surface area contributed by atoms with Crippen LogP contribution in [0.15, 0.2) is 18.2 Å². The molecule has 120 valence electrons. The van der Waals surface area contributed by atoms with Gasteiger partial charge < -0.3 is 10.6 Å². The first-order valence-electron chi connectivity index (χ1n) is 8.40. The normalized spacial score (nSPS) is 21.5. The molecule has 0 unspecified atom stereocenters. The van der Waals surface area contributed by atoms with Crippen molar-refractivity contribution in [3.05, 3.63) is 23.8 Å². The molecule has 0 spiro atoms. The maximum absolute atomic E-state index is 12.8. The van der Waals surface area contributed by atoms with Crippen molar-refractivity contribution in [2.75, 3.05) is 36.8 Å². The zero-order chi connectivity index (χ0) is 15.7. The summed E-state index contributed by atoms with van der Waals surface area (Å²) in [5, 5.41) is 0. The molecule has 4 nitrogen and oxygen atoms in total. The number of hydrogen-bond donors (Lipinski definition) is 1. The van der Waals surface area contributed by atoms with Gasteiger partial charge in [0, 0.05) is 17.9 Å². The molecule has 2 aliphatic rings. The Balaban J connectivity index is 1.90. The summed E-state index contributed by atoms with van der Waals surface area (Å²) in [6, 6.07) is 6.03. The quantitative estimate of drug-likeness (QED) is 0.855. The topological polar surface area (TPSA) is 49.6 Å². The first-order chi connectivity index (χ1) is 10.5. The van der Waals surface area contributed by atoms with Crippen molar-refractivity contribution in [1.29, 1.82) is 0 Å². The van der Waals surface area contributed by atoms with Crippen LogP contribution in [0.2, 0.25) is 0 Å². The minimum absolute atomic E-state index is 0.0890. The van der Waals surface area contributed by atoms with Gasteiger partial charge in [0.1, 0.15) is 0 Å². The average Bonchev–Trinajstić information content (AvgIpc) is 2.91. The van der Waals surface area contributed by atoms with Crippen LogP contribution in [0, 0.1) is 0 Å². The summed E-state index contributed by atoms with van der Waals surface area (Å²) < 4.78 is 0. The first-order valence-corrected chi connectivity index (χ1v) is 8.40. The first kappa shape index (κ1) is 15.3. The highest BCUT2D eigenvalue weighted by atomic mass is 16.2. The molecule has 1 aromatic rings. The van der Waals surface area contributed by atoms with Gasteiger partial charge in [0.05, 0.1) is 6.54 Å². The molecule has 0 saturated carbocycles. The largest absolute Gasteiger partial charge is 0.399 e. The molecule has 0 atom stereocenters. The third-order valence-electron chi connectivity index (χ3n) is 5.08. The highest BCUT2D eigenvalue weighted by Gasteiger charge is 2.32. The Labute approximate surface area is 133 Å². The molecule has 1 aromatic carbocycles. The number of hydrogen-bond acceptors (Lipinski definition) is 3. The van der Waals surface area contributed by atoms with E-state index in [2.05, 4.69) is 24.8 Å². The molecular formula is C18H27N3O. The number of rotatable bonds is 2. The van der Waals surface area contributed by atoms with E-state index in [0.717, 1.165) is 43.9 Å². The van der Waals surface area contributed by atoms with Crippen LogP contribution in [0.3, 0.4) is 0 Å². The molecule has 2 aliphatic heterocycles. The predicted molar refractivity (Wildman–Crippen MR) is 91.1 cm³/mol. The van der Waals surface area contributed by atoms with E-state index in [4.69, 9.17) is 5.73 Å². The van der Waals surface area contributed by atoms with E-state index in [0.29, 0.717) is 6.54 Å². The molecule has 2 heterocycles. The molecule has 1 fully saturated rings. The van der Waals surface area contributed by atoms with Crippen molar-refractivity contribution in [3.63, 3.8) is 0 Å². The predicted octanol–water partition coefficient (Wildman–Crippen LogP) is 2.77. The number of benzene rings is 1. The zero-order valence-electron chi connectivity index (χ0n) is 13.8. The van der Waals surface area contributed by atoms with E-state index in [1.54, 1.807) is 0 Å². The summed E-state index contributed by atoms with van der Waals surface area (Å²) in [6.07, 6.45) is 4.55. The summed E-state index contributed by atoms with van der Waals surface area (Å²) in [5.41, 5.74) is 9.08. The second-order valence-electron chi connectivity index (χ2n) is 7.29. The van der Waals surface area contributed by atoms with Crippen LogP contribution in [0.25, 0.3) is 0 Å². The van der Waals surface area contributed by atoms with Gasteiger partial charge in [-0.3, -0.25) is 9.69 Å². The van der Waals surface area contributed by atoms with Gasteiger partial charge in [-0.1, -0.05) is 19.9 Å². The molecule has 0 aliphatic carbocycles. The average molecular weight is 301 g/mol. The van der Waals surface area contributed by atoms with Crippen LogP contribution in [0.4, 0.5) is 11.4 Å². The number of carbonyl (C=O) groups is 1. The maximum Gasteiger partial charge on any atom is 0.241 e. The van der Waals surface area contributed by atoms with Crippen molar-refractivity contribution in [3.8, 4) is 0 Å². The standard InChI is InChI=1S/C18H27N3O/c1-18(2)8-5-11-21(16-12-14(19)6-7-15(16)18)17(22)13-20-9-3-4-10-20/h6-7,12H,3-5,8-11,13,19H2,1-2H3. The van der Waals surface area contributed by atoms with Gasteiger partial charge in [-0.25, -0.2) is 0 Å². The van der Waals surface area contributed by atoms with Crippen molar-refractivity contribution >= 4 is 17.3 Å². The highest BCUT2D eigenvalue weighted by molar-refractivity contribution is 5.96. The number of nitrogens with zero attached hydrogens (tertiary/aromatic N) is 2. The Morgan fingerprint density at radius 3 is 2.64 bits per heavy atom. The van der Waals surface area contributed by atoms with Crippen LogP contribution in [0.5, 0.6) is 0 Å². The Hall–Kier alpha value is -1.55. The van der Waals surface area contributed by atoms with Gasteiger partial charge in [0.15, 0.2) is 0 Å². The molecule has 1 saturated heterocycles. The smallest absolute Gasteiger partial charge is 0.241 e. The van der Waals surface area contributed by atoms with Crippen LogP contribution in [0.1, 0.15) is 45.1 Å². The molecule has 22 heavy (non-hydrogen) atoms. The van der Waals surface area contributed by atoms with Gasteiger partial charge in [0.25, 0.3) is 0 Å². The number of carbonyl (C=O) groups excluding carboxylic acids is 1. The van der Waals surface area contributed by atoms with Crippen molar-refractivity contribution in [1.82, 2.24) is 4.90 Å². The monoisotopic (exact) mass is 301 g/mol. The molecule has 1 amide bonds. The lowest BCUT2D eigenvalue weighted by Crippen LogP contribution is -2.40. The number of anilines is 2. The van der Waals surface area contributed by atoms with E-state index >= 15 is 0 Å². The maximum atomic E-state index is 12.8. The summed E-state index contributed by atoms with van der Waals surface area (Å²) in [4.78, 5) is 17.1. The molecular weight excluding hydrogens is 274 g/mol.